The van der Waals surface area contributed by atoms with Crippen LogP contribution in [0.5, 0.6) is 5.75 Å². The molecular weight excluding hydrogens is 258 g/mol. The minimum Gasteiger partial charge on any atom is -0.495 e. The number of carbonyl (C=O) groups is 1. The van der Waals surface area contributed by atoms with Crippen LogP contribution in [0.15, 0.2) is 18.2 Å². The second-order valence-electron chi connectivity index (χ2n) is 3.51. The topological polar surface area (TPSA) is 101 Å². The van der Waals surface area contributed by atoms with Crippen molar-refractivity contribution < 1.29 is 14.6 Å². The average molecular weight is 268 g/mol. The number of nitrogen functional groups attached to an aromatic ring is 1. The highest BCUT2D eigenvalue weighted by Crippen LogP contribution is 2.33. The number of ether oxygens (including phenoxy) is 1. The molecule has 1 heterocycles. The minimum atomic E-state index is -1.14. The van der Waals surface area contributed by atoms with Crippen molar-refractivity contribution in [3.8, 4) is 16.9 Å². The first-order valence-electron chi connectivity index (χ1n) is 4.95. The first-order valence-corrected chi connectivity index (χ1v) is 5.33. The van der Waals surface area contributed by atoms with Gasteiger partial charge in [-0.15, -0.1) is 0 Å². The molecule has 0 unspecified atom stereocenters. The van der Waals surface area contributed by atoms with Gasteiger partial charge in [0.2, 0.25) is 0 Å². The third-order valence-corrected chi connectivity index (χ3v) is 2.74. The summed E-state index contributed by atoms with van der Waals surface area (Å²) in [7, 11) is 1.50. The zero-order valence-electron chi connectivity index (χ0n) is 9.40. The quantitative estimate of drug-likeness (QED) is 0.790. The molecule has 0 saturated heterocycles. The van der Waals surface area contributed by atoms with E-state index < -0.39 is 5.97 Å². The number of hydrogen-bond donors (Lipinski definition) is 3. The number of rotatable bonds is 3. The van der Waals surface area contributed by atoms with Gasteiger partial charge in [-0.05, 0) is 17.7 Å². The maximum atomic E-state index is 11.0. The monoisotopic (exact) mass is 267 g/mol. The van der Waals surface area contributed by atoms with Gasteiger partial charge in [0, 0.05) is 0 Å². The molecule has 4 N–H and O–H groups in total. The lowest BCUT2D eigenvalue weighted by Crippen LogP contribution is -1.99. The highest BCUT2D eigenvalue weighted by molar-refractivity contribution is 6.32. The van der Waals surface area contributed by atoms with Crippen LogP contribution in [0.2, 0.25) is 5.02 Å². The molecule has 7 heteroatoms. The van der Waals surface area contributed by atoms with Gasteiger partial charge in [-0.2, -0.15) is 5.10 Å². The third-order valence-electron chi connectivity index (χ3n) is 2.45. The minimum absolute atomic E-state index is 0.0752. The van der Waals surface area contributed by atoms with E-state index in [4.69, 9.17) is 27.2 Å². The van der Waals surface area contributed by atoms with Gasteiger partial charge in [0.1, 0.15) is 5.75 Å². The van der Waals surface area contributed by atoms with Gasteiger partial charge in [0.25, 0.3) is 0 Å². The summed E-state index contributed by atoms with van der Waals surface area (Å²) in [5.41, 5.74) is 6.45. The van der Waals surface area contributed by atoms with Crippen LogP contribution in [0.3, 0.4) is 0 Å². The molecule has 0 aliphatic rings. The molecule has 0 spiro atoms. The number of aromatic amines is 1. The number of anilines is 1. The lowest BCUT2D eigenvalue weighted by molar-refractivity contribution is 0.0691. The fourth-order valence-corrected chi connectivity index (χ4v) is 1.88. The summed E-state index contributed by atoms with van der Waals surface area (Å²) in [5.74, 6) is -0.533. The lowest BCUT2D eigenvalue weighted by atomic mass is 10.1. The molecule has 0 aliphatic heterocycles. The zero-order chi connectivity index (χ0) is 13.3. The van der Waals surface area contributed by atoms with E-state index in [1.165, 1.54) is 7.11 Å². The van der Waals surface area contributed by atoms with Gasteiger partial charge in [-0.25, -0.2) is 4.79 Å². The van der Waals surface area contributed by atoms with Crippen molar-refractivity contribution >= 4 is 23.4 Å². The molecule has 1 aromatic carbocycles. The van der Waals surface area contributed by atoms with Gasteiger partial charge in [0.05, 0.1) is 17.7 Å². The lowest BCUT2D eigenvalue weighted by Gasteiger charge is -2.06. The van der Waals surface area contributed by atoms with E-state index in [2.05, 4.69) is 10.2 Å². The Bertz CT molecular complexity index is 610. The normalized spacial score (nSPS) is 10.3. The largest absolute Gasteiger partial charge is 0.495 e. The summed E-state index contributed by atoms with van der Waals surface area (Å²) in [6.45, 7) is 0. The maximum Gasteiger partial charge on any atom is 0.354 e. The Morgan fingerprint density at radius 2 is 2.28 bits per heavy atom. The highest BCUT2D eigenvalue weighted by Gasteiger charge is 2.19. The van der Waals surface area contributed by atoms with Crippen LogP contribution < -0.4 is 10.5 Å². The molecule has 0 atom stereocenters. The van der Waals surface area contributed by atoms with Crippen LogP contribution in [0.1, 0.15) is 10.5 Å². The van der Waals surface area contributed by atoms with Crippen LogP contribution in [0.4, 0.5) is 5.82 Å². The van der Waals surface area contributed by atoms with Crippen LogP contribution in [0, 0.1) is 0 Å². The first-order chi connectivity index (χ1) is 8.54. The molecule has 1 aromatic heterocycles. The van der Waals surface area contributed by atoms with Gasteiger partial charge < -0.3 is 15.6 Å². The van der Waals surface area contributed by atoms with Crippen LogP contribution in [-0.4, -0.2) is 28.4 Å². The molecule has 0 saturated carbocycles. The molecule has 18 heavy (non-hydrogen) atoms. The van der Waals surface area contributed by atoms with Crippen molar-refractivity contribution in [3.05, 3.63) is 28.9 Å². The van der Waals surface area contributed by atoms with Gasteiger partial charge in [-0.1, -0.05) is 17.7 Å². The SMILES string of the molecule is COc1ccc(-c2c(N)n[nH]c2C(=O)O)cc1Cl. The van der Waals surface area contributed by atoms with Crippen LogP contribution in [0.25, 0.3) is 11.1 Å². The molecule has 2 rings (SSSR count). The molecule has 0 amide bonds. The predicted octanol–water partition coefficient (Wildman–Crippen LogP) is 2.02. The van der Waals surface area contributed by atoms with Crippen LogP contribution >= 0.6 is 11.6 Å². The number of benzene rings is 1. The summed E-state index contributed by atoms with van der Waals surface area (Å²) < 4.78 is 5.02. The third kappa shape index (κ3) is 1.98. The second-order valence-corrected chi connectivity index (χ2v) is 3.92. The number of carboxylic acids is 1. The highest BCUT2D eigenvalue weighted by atomic mass is 35.5. The van der Waals surface area contributed by atoms with Crippen molar-refractivity contribution in [3.63, 3.8) is 0 Å². The fourth-order valence-electron chi connectivity index (χ4n) is 1.62. The van der Waals surface area contributed by atoms with Gasteiger partial charge >= 0.3 is 5.97 Å². The maximum absolute atomic E-state index is 11.0. The number of nitrogens with one attached hydrogen (secondary N) is 1. The van der Waals surface area contributed by atoms with E-state index >= 15 is 0 Å². The summed E-state index contributed by atoms with van der Waals surface area (Å²) >= 11 is 5.99. The summed E-state index contributed by atoms with van der Waals surface area (Å²) in [6.07, 6.45) is 0. The van der Waals surface area contributed by atoms with E-state index in [1.54, 1.807) is 18.2 Å². The summed E-state index contributed by atoms with van der Waals surface area (Å²) in [6, 6.07) is 4.88. The van der Waals surface area contributed by atoms with E-state index in [0.29, 0.717) is 21.9 Å². The molecule has 0 aliphatic carbocycles. The predicted molar refractivity (Wildman–Crippen MR) is 67.0 cm³/mol. The first kappa shape index (κ1) is 12.3. The molecule has 94 valence electrons. The molecule has 6 nitrogen and oxygen atoms in total. The van der Waals surface area contributed by atoms with Gasteiger partial charge in [-0.3, -0.25) is 5.10 Å². The number of carboxylic acid groups (broad SMARTS) is 1. The number of aromatic nitrogens is 2. The Labute approximate surface area is 107 Å². The number of nitrogens with two attached hydrogens (primary N) is 1. The summed E-state index contributed by atoms with van der Waals surface area (Å²) in [4.78, 5) is 11.0. The van der Waals surface area contributed by atoms with Crippen molar-refractivity contribution in [2.24, 2.45) is 0 Å². The number of aromatic carboxylic acids is 1. The smallest absolute Gasteiger partial charge is 0.354 e. The molecule has 2 aromatic rings. The van der Waals surface area contributed by atoms with Crippen molar-refractivity contribution in [1.29, 1.82) is 0 Å². The van der Waals surface area contributed by atoms with Crippen molar-refractivity contribution in [1.82, 2.24) is 10.2 Å². The van der Waals surface area contributed by atoms with Crippen LogP contribution in [-0.2, 0) is 0 Å². The van der Waals surface area contributed by atoms with E-state index in [9.17, 15) is 4.79 Å². The Morgan fingerprint density at radius 3 is 2.83 bits per heavy atom. The standard InChI is InChI=1S/C11H10ClN3O3/c1-18-7-3-2-5(4-6(7)12)8-9(11(16)17)14-15-10(8)13/h2-4H,1H3,(H,16,17)(H3,13,14,15). The van der Waals surface area contributed by atoms with E-state index in [1.807, 2.05) is 0 Å². The number of methoxy groups -OCH3 is 1. The number of halogens is 1. The number of H-pyrrole nitrogens is 1. The fraction of sp³-hybridized carbons (Fsp3) is 0.0909. The molecule has 0 radical (unpaired) electrons. The Kier molecular flexibility index (Phi) is 3.12. The van der Waals surface area contributed by atoms with E-state index in [-0.39, 0.29) is 11.5 Å². The molecular formula is C11H10ClN3O3. The summed E-state index contributed by atoms with van der Waals surface area (Å²) in [5, 5.41) is 15.4. The van der Waals surface area contributed by atoms with Crippen molar-refractivity contribution in [2.45, 2.75) is 0 Å². The average Bonchev–Trinajstić information content (AvgIpc) is 2.71. The van der Waals surface area contributed by atoms with E-state index in [0.717, 1.165) is 0 Å². The number of nitrogens with zero attached hydrogens (tertiary/aromatic N) is 1. The van der Waals surface area contributed by atoms with Crippen molar-refractivity contribution in [2.75, 3.05) is 12.8 Å². The van der Waals surface area contributed by atoms with Gasteiger partial charge in [0.15, 0.2) is 11.5 Å². The zero-order valence-corrected chi connectivity index (χ0v) is 10.2. The Balaban J connectivity index is 2.58. The Hall–Kier alpha value is -2.21. The Morgan fingerprint density at radius 1 is 1.56 bits per heavy atom. The number of hydrogen-bond acceptors (Lipinski definition) is 4. The molecule has 0 fully saturated rings. The molecule has 0 bridgehead atoms. The second kappa shape index (κ2) is 4.58.